The number of sulfonamides is 1. The third kappa shape index (κ3) is 7.59. The molecule has 86 valence electrons. The maximum absolute atomic E-state index is 11.2. The highest BCUT2D eigenvalue weighted by molar-refractivity contribution is 7.89. The maximum atomic E-state index is 11.2. The molecule has 0 aromatic rings. The van der Waals surface area contributed by atoms with Crippen molar-refractivity contribution in [2.75, 3.05) is 18.2 Å². The van der Waals surface area contributed by atoms with Crippen molar-refractivity contribution in [3.05, 3.63) is 0 Å². The Bertz CT molecular complexity index is 229. The minimum absolute atomic E-state index is 0.220. The van der Waals surface area contributed by atoms with Gasteiger partial charge < -0.3 is 0 Å². The Morgan fingerprint density at radius 2 is 2.07 bits per heavy atom. The van der Waals surface area contributed by atoms with Crippen LogP contribution in [0.3, 0.4) is 0 Å². The molecule has 0 aliphatic rings. The lowest BCUT2D eigenvalue weighted by molar-refractivity contribution is 0.543. The first-order chi connectivity index (χ1) is 6.52. The predicted molar refractivity (Wildman–Crippen MR) is 61.2 cm³/mol. The van der Waals surface area contributed by atoms with Crippen LogP contribution >= 0.6 is 11.6 Å². The summed E-state index contributed by atoms with van der Waals surface area (Å²) in [4.78, 5) is 0. The van der Waals surface area contributed by atoms with Crippen molar-refractivity contribution in [1.29, 1.82) is 0 Å². The van der Waals surface area contributed by atoms with Gasteiger partial charge in [0.15, 0.2) is 0 Å². The van der Waals surface area contributed by atoms with E-state index >= 15 is 0 Å². The molecule has 1 unspecified atom stereocenters. The van der Waals surface area contributed by atoms with Gasteiger partial charge in [0.2, 0.25) is 10.0 Å². The molecule has 0 aromatic carbocycles. The minimum Gasteiger partial charge on any atom is -0.215 e. The van der Waals surface area contributed by atoms with Crippen molar-refractivity contribution in [3.8, 4) is 0 Å². The number of nitrogens with one attached hydrogen (secondary N) is 1. The molecule has 1 N–H and O–H groups in total. The molecule has 0 saturated heterocycles. The largest absolute Gasteiger partial charge is 0.215 e. The minimum atomic E-state index is -3.02. The van der Waals surface area contributed by atoms with E-state index in [9.17, 15) is 8.42 Å². The Labute approximate surface area is 92.3 Å². The van der Waals surface area contributed by atoms with Gasteiger partial charge in [-0.2, -0.15) is 0 Å². The van der Waals surface area contributed by atoms with Crippen molar-refractivity contribution in [1.82, 2.24) is 4.72 Å². The fraction of sp³-hybridized carbons (Fsp3) is 1.00. The van der Waals surface area contributed by atoms with Crippen LogP contribution in [0.15, 0.2) is 0 Å². The van der Waals surface area contributed by atoms with Gasteiger partial charge in [-0.3, -0.25) is 0 Å². The van der Waals surface area contributed by atoms with E-state index in [0.717, 1.165) is 12.8 Å². The van der Waals surface area contributed by atoms with Crippen molar-refractivity contribution in [2.45, 2.75) is 33.1 Å². The molecule has 14 heavy (non-hydrogen) atoms. The van der Waals surface area contributed by atoms with Crippen molar-refractivity contribution in [2.24, 2.45) is 5.92 Å². The lowest BCUT2D eigenvalue weighted by Crippen LogP contribution is -2.27. The normalized spacial score (nSPS) is 14.2. The summed E-state index contributed by atoms with van der Waals surface area (Å²) >= 11 is 5.63. The molecule has 0 heterocycles. The van der Waals surface area contributed by atoms with E-state index in [1.165, 1.54) is 0 Å². The van der Waals surface area contributed by atoms with Crippen LogP contribution in [0.25, 0.3) is 0 Å². The summed E-state index contributed by atoms with van der Waals surface area (Å²) in [6, 6.07) is 0. The summed E-state index contributed by atoms with van der Waals surface area (Å²) in [5.41, 5.74) is 0. The van der Waals surface area contributed by atoms with Crippen molar-refractivity contribution < 1.29 is 8.42 Å². The zero-order chi connectivity index (χ0) is 11.0. The lowest BCUT2D eigenvalue weighted by atomic mass is 10.1. The Balaban J connectivity index is 3.54. The van der Waals surface area contributed by atoms with Crippen LogP contribution < -0.4 is 4.72 Å². The van der Waals surface area contributed by atoms with Gasteiger partial charge >= 0.3 is 0 Å². The number of rotatable bonds is 8. The summed E-state index contributed by atoms with van der Waals surface area (Å²) in [7, 11) is -3.02. The first kappa shape index (κ1) is 14.2. The van der Waals surface area contributed by atoms with E-state index < -0.39 is 10.0 Å². The third-order valence-corrected chi connectivity index (χ3v) is 4.05. The number of hydrogen-bond donors (Lipinski definition) is 1. The van der Waals surface area contributed by atoms with E-state index in [1.807, 2.05) is 6.92 Å². The number of hydrogen-bond acceptors (Lipinski definition) is 2. The van der Waals surface area contributed by atoms with E-state index in [4.69, 9.17) is 11.6 Å². The van der Waals surface area contributed by atoms with Crippen LogP contribution in [0.1, 0.15) is 33.1 Å². The predicted octanol–water partition coefficient (Wildman–Crippen LogP) is 1.97. The number of alkyl halides is 1. The first-order valence-electron chi connectivity index (χ1n) is 5.05. The molecule has 0 bridgehead atoms. The zero-order valence-corrected chi connectivity index (χ0v) is 10.5. The third-order valence-electron chi connectivity index (χ3n) is 1.93. The monoisotopic (exact) mass is 241 g/mol. The van der Waals surface area contributed by atoms with Crippen LogP contribution in [0.5, 0.6) is 0 Å². The van der Waals surface area contributed by atoms with Crippen LogP contribution in [-0.4, -0.2) is 26.6 Å². The summed E-state index contributed by atoms with van der Waals surface area (Å²) in [6.07, 6.45) is 2.49. The molecule has 0 saturated carbocycles. The molecule has 0 rings (SSSR count). The van der Waals surface area contributed by atoms with Gasteiger partial charge in [-0.15, -0.1) is 11.6 Å². The Kier molecular flexibility index (Phi) is 7.59. The van der Waals surface area contributed by atoms with Gasteiger partial charge in [0.1, 0.15) is 0 Å². The molecule has 0 fully saturated rings. The fourth-order valence-corrected chi connectivity index (χ4v) is 2.39. The van der Waals surface area contributed by atoms with Crippen LogP contribution in [0.2, 0.25) is 0 Å². The van der Waals surface area contributed by atoms with Gasteiger partial charge in [-0.05, 0) is 25.2 Å². The molecule has 3 nitrogen and oxygen atoms in total. The molecular weight excluding hydrogens is 222 g/mol. The molecule has 0 amide bonds. The van der Waals surface area contributed by atoms with Gasteiger partial charge in [0, 0.05) is 12.4 Å². The standard InChI is InChI=1S/C9H20ClNO2S/c1-3-7-14(12,13)11-6-4-5-9(2)8-10/h9,11H,3-8H2,1-2H3. The Hall–Kier alpha value is 0.200. The van der Waals surface area contributed by atoms with Gasteiger partial charge in [-0.25, -0.2) is 13.1 Å². The van der Waals surface area contributed by atoms with Crippen LogP contribution in [0, 0.1) is 5.92 Å². The van der Waals surface area contributed by atoms with E-state index in [2.05, 4.69) is 11.6 Å². The second kappa shape index (κ2) is 7.49. The smallest absolute Gasteiger partial charge is 0.211 e. The molecule has 0 aromatic heterocycles. The maximum Gasteiger partial charge on any atom is 0.211 e. The van der Waals surface area contributed by atoms with Gasteiger partial charge in [0.05, 0.1) is 5.75 Å². The van der Waals surface area contributed by atoms with Crippen LogP contribution in [0.4, 0.5) is 0 Å². The quantitative estimate of drug-likeness (QED) is 0.522. The highest BCUT2D eigenvalue weighted by Gasteiger charge is 2.07. The lowest BCUT2D eigenvalue weighted by Gasteiger charge is -2.08. The molecule has 0 aliphatic carbocycles. The highest BCUT2D eigenvalue weighted by atomic mass is 35.5. The Morgan fingerprint density at radius 1 is 1.43 bits per heavy atom. The van der Waals surface area contributed by atoms with E-state index in [-0.39, 0.29) is 5.75 Å². The van der Waals surface area contributed by atoms with Gasteiger partial charge in [-0.1, -0.05) is 13.8 Å². The first-order valence-corrected chi connectivity index (χ1v) is 7.23. The van der Waals surface area contributed by atoms with Crippen molar-refractivity contribution in [3.63, 3.8) is 0 Å². The molecule has 1 atom stereocenters. The average molecular weight is 242 g/mol. The molecule has 0 radical (unpaired) electrons. The van der Waals surface area contributed by atoms with E-state index in [0.29, 0.717) is 24.8 Å². The van der Waals surface area contributed by atoms with Crippen LogP contribution in [-0.2, 0) is 10.0 Å². The van der Waals surface area contributed by atoms with E-state index in [1.54, 1.807) is 0 Å². The highest BCUT2D eigenvalue weighted by Crippen LogP contribution is 2.06. The summed E-state index contributed by atoms with van der Waals surface area (Å²) in [6.45, 7) is 4.45. The molecule has 0 spiro atoms. The topological polar surface area (TPSA) is 46.2 Å². The summed E-state index contributed by atoms with van der Waals surface area (Å²) in [5, 5.41) is 0. The second-order valence-corrected chi connectivity index (χ2v) is 5.85. The average Bonchev–Trinajstić information content (AvgIpc) is 2.12. The Morgan fingerprint density at radius 3 is 2.57 bits per heavy atom. The van der Waals surface area contributed by atoms with Crippen molar-refractivity contribution >= 4 is 21.6 Å². The fourth-order valence-electron chi connectivity index (χ4n) is 1.10. The zero-order valence-electron chi connectivity index (χ0n) is 8.92. The molecular formula is C9H20ClNO2S. The molecule has 0 aliphatic heterocycles. The number of halogens is 1. The summed E-state index contributed by atoms with van der Waals surface area (Å²) < 4.78 is 25.0. The van der Waals surface area contributed by atoms with Gasteiger partial charge in [0.25, 0.3) is 0 Å². The SMILES string of the molecule is CCCS(=O)(=O)NCCCC(C)CCl. The second-order valence-electron chi connectivity index (χ2n) is 3.61. The summed E-state index contributed by atoms with van der Waals surface area (Å²) in [5.74, 6) is 1.33. The molecule has 5 heteroatoms.